The van der Waals surface area contributed by atoms with Crippen molar-refractivity contribution in [3.05, 3.63) is 98.2 Å². The van der Waals surface area contributed by atoms with E-state index < -0.39 is 0 Å². The quantitative estimate of drug-likeness (QED) is 0.150. The molecule has 0 aliphatic heterocycles. The van der Waals surface area contributed by atoms with E-state index in [0.717, 1.165) is 14.3 Å². The molecule has 3 aromatic carbocycles. The summed E-state index contributed by atoms with van der Waals surface area (Å²) in [6.45, 7) is 3.98. The molecule has 7 nitrogen and oxygen atoms in total. The van der Waals surface area contributed by atoms with Crippen molar-refractivity contribution in [2.45, 2.75) is 0 Å². The highest BCUT2D eigenvalue weighted by molar-refractivity contribution is 9.10. The molecule has 180 valence electrons. The SMILES string of the molecule is C=CCOc1c(C=Nn2c(-c3cc4cc(Br)ccc4o3)nc3ccccc3c2=O)cc(Br)cc1OC. The molecule has 0 spiro atoms. The van der Waals surface area contributed by atoms with Crippen LogP contribution in [0.2, 0.25) is 0 Å². The summed E-state index contributed by atoms with van der Waals surface area (Å²) in [5.74, 6) is 1.68. The maximum absolute atomic E-state index is 13.5. The molecule has 0 fully saturated rings. The highest BCUT2D eigenvalue weighted by Crippen LogP contribution is 2.34. The van der Waals surface area contributed by atoms with Crippen LogP contribution in [0, 0.1) is 0 Å². The van der Waals surface area contributed by atoms with Gasteiger partial charge >= 0.3 is 0 Å². The van der Waals surface area contributed by atoms with Crippen LogP contribution in [0.1, 0.15) is 5.56 Å². The number of benzene rings is 3. The summed E-state index contributed by atoms with van der Waals surface area (Å²) in [4.78, 5) is 18.3. The third-order valence-corrected chi connectivity index (χ3v) is 6.33. The minimum absolute atomic E-state index is 0.274. The van der Waals surface area contributed by atoms with E-state index in [9.17, 15) is 4.79 Å². The van der Waals surface area contributed by atoms with Crippen molar-refractivity contribution < 1.29 is 13.9 Å². The van der Waals surface area contributed by atoms with Gasteiger partial charge in [0.15, 0.2) is 17.3 Å². The zero-order chi connectivity index (χ0) is 25.2. The minimum atomic E-state index is -0.330. The van der Waals surface area contributed by atoms with Crippen LogP contribution in [0.5, 0.6) is 11.5 Å². The Bertz CT molecular complexity index is 1710. The molecule has 5 rings (SSSR count). The Morgan fingerprint density at radius 1 is 1.11 bits per heavy atom. The lowest BCUT2D eigenvalue weighted by atomic mass is 10.2. The molecule has 5 aromatic rings. The Morgan fingerprint density at radius 2 is 1.94 bits per heavy atom. The zero-order valence-corrected chi connectivity index (χ0v) is 22.2. The fourth-order valence-electron chi connectivity index (χ4n) is 3.77. The van der Waals surface area contributed by atoms with Crippen LogP contribution in [-0.2, 0) is 0 Å². The molecule has 0 atom stereocenters. The lowest BCUT2D eigenvalue weighted by Crippen LogP contribution is -2.20. The van der Waals surface area contributed by atoms with Gasteiger partial charge < -0.3 is 13.9 Å². The molecule has 0 aliphatic carbocycles. The largest absolute Gasteiger partial charge is 0.493 e. The monoisotopic (exact) mass is 607 g/mol. The maximum Gasteiger partial charge on any atom is 0.282 e. The number of ether oxygens (including phenoxy) is 2. The molecule has 0 bridgehead atoms. The Hall–Kier alpha value is -3.69. The van der Waals surface area contributed by atoms with Gasteiger partial charge in [0.1, 0.15) is 12.2 Å². The summed E-state index contributed by atoms with van der Waals surface area (Å²) in [6, 6.07) is 18.3. The molecule has 0 saturated heterocycles. The first-order valence-corrected chi connectivity index (χ1v) is 12.4. The third-order valence-electron chi connectivity index (χ3n) is 5.38. The number of aromatic nitrogens is 2. The zero-order valence-electron chi connectivity index (χ0n) is 19.1. The number of rotatable bonds is 7. The van der Waals surface area contributed by atoms with Crippen molar-refractivity contribution in [2.24, 2.45) is 5.10 Å². The highest BCUT2D eigenvalue weighted by Gasteiger charge is 2.17. The molecule has 0 radical (unpaired) electrons. The summed E-state index contributed by atoms with van der Waals surface area (Å²) >= 11 is 6.97. The molecule has 0 amide bonds. The van der Waals surface area contributed by atoms with Crippen LogP contribution in [0.4, 0.5) is 0 Å². The second kappa shape index (κ2) is 10.1. The van der Waals surface area contributed by atoms with Gasteiger partial charge in [-0.15, -0.1) is 0 Å². The van der Waals surface area contributed by atoms with Gasteiger partial charge in [-0.05, 0) is 48.5 Å². The van der Waals surface area contributed by atoms with Crippen molar-refractivity contribution >= 4 is 59.9 Å². The van der Waals surface area contributed by atoms with E-state index in [2.05, 4.69) is 43.5 Å². The fraction of sp³-hybridized carbons (Fsp3) is 0.0741. The first-order valence-electron chi connectivity index (χ1n) is 10.9. The molecular formula is C27H19Br2N3O4. The maximum atomic E-state index is 13.5. The predicted octanol–water partition coefficient (Wildman–Crippen LogP) is 6.79. The van der Waals surface area contributed by atoms with Crippen molar-refractivity contribution in [1.29, 1.82) is 0 Å². The van der Waals surface area contributed by atoms with Gasteiger partial charge in [0.2, 0.25) is 5.82 Å². The average Bonchev–Trinajstić information content (AvgIpc) is 3.30. The van der Waals surface area contributed by atoms with E-state index in [-0.39, 0.29) is 18.0 Å². The highest BCUT2D eigenvalue weighted by atomic mass is 79.9. The predicted molar refractivity (Wildman–Crippen MR) is 148 cm³/mol. The topological polar surface area (TPSA) is 78.9 Å². The second-order valence-corrected chi connectivity index (χ2v) is 9.56. The van der Waals surface area contributed by atoms with E-state index in [0.29, 0.717) is 39.3 Å². The van der Waals surface area contributed by atoms with Gasteiger partial charge in [-0.1, -0.05) is 56.6 Å². The van der Waals surface area contributed by atoms with E-state index >= 15 is 0 Å². The van der Waals surface area contributed by atoms with Gasteiger partial charge in [0, 0.05) is 19.9 Å². The molecule has 0 N–H and O–H groups in total. The molecule has 0 saturated carbocycles. The molecule has 9 heteroatoms. The number of halogens is 2. The first-order chi connectivity index (χ1) is 17.5. The van der Waals surface area contributed by atoms with Crippen molar-refractivity contribution in [3.63, 3.8) is 0 Å². The van der Waals surface area contributed by atoms with Crippen LogP contribution >= 0.6 is 31.9 Å². The first kappa shape index (κ1) is 24.0. The number of furan rings is 1. The van der Waals surface area contributed by atoms with Crippen molar-refractivity contribution in [3.8, 4) is 23.1 Å². The number of para-hydroxylation sites is 1. The Morgan fingerprint density at radius 3 is 2.75 bits per heavy atom. The minimum Gasteiger partial charge on any atom is -0.493 e. The molecule has 0 aliphatic rings. The number of hydrogen-bond donors (Lipinski definition) is 0. The van der Waals surface area contributed by atoms with Crippen LogP contribution < -0.4 is 15.0 Å². The third kappa shape index (κ3) is 4.59. The van der Waals surface area contributed by atoms with Gasteiger partial charge in [0.05, 0.1) is 24.2 Å². The Labute approximate surface area is 222 Å². The number of hydrogen-bond acceptors (Lipinski definition) is 6. The van der Waals surface area contributed by atoms with E-state index in [4.69, 9.17) is 18.9 Å². The molecule has 2 aromatic heterocycles. The summed E-state index contributed by atoms with van der Waals surface area (Å²) in [5, 5.41) is 5.85. The van der Waals surface area contributed by atoms with E-state index in [1.54, 1.807) is 37.5 Å². The molecule has 0 unspecified atom stereocenters. The van der Waals surface area contributed by atoms with Crippen LogP contribution in [-0.4, -0.2) is 29.6 Å². The second-order valence-electron chi connectivity index (χ2n) is 7.73. The van der Waals surface area contributed by atoms with E-state index in [1.165, 1.54) is 10.9 Å². The van der Waals surface area contributed by atoms with Gasteiger partial charge in [-0.25, -0.2) is 4.98 Å². The molecular weight excluding hydrogens is 590 g/mol. The lowest BCUT2D eigenvalue weighted by Gasteiger charge is -2.13. The standard InChI is InChI=1S/C27H19Br2N3O4/c1-3-10-35-25-17(12-19(29)14-23(25)34-2)15-30-32-26(31-21-7-5-4-6-20(21)27(32)33)24-13-16-11-18(28)8-9-22(16)36-24/h3-9,11-15H,1,10H2,2H3. The lowest BCUT2D eigenvalue weighted by molar-refractivity contribution is 0.326. The normalized spacial score (nSPS) is 11.4. The number of fused-ring (bicyclic) bond motifs is 2. The average molecular weight is 609 g/mol. The van der Waals surface area contributed by atoms with Gasteiger partial charge in [-0.2, -0.15) is 9.78 Å². The van der Waals surface area contributed by atoms with Crippen molar-refractivity contribution in [1.82, 2.24) is 9.66 Å². The van der Waals surface area contributed by atoms with E-state index in [1.807, 2.05) is 36.4 Å². The summed E-state index contributed by atoms with van der Waals surface area (Å²) in [7, 11) is 1.55. The van der Waals surface area contributed by atoms with Crippen LogP contribution in [0.15, 0.2) is 96.6 Å². The number of methoxy groups -OCH3 is 1. The molecule has 36 heavy (non-hydrogen) atoms. The summed E-state index contributed by atoms with van der Waals surface area (Å²) < 4.78 is 20.3. The van der Waals surface area contributed by atoms with Crippen LogP contribution in [0.3, 0.4) is 0 Å². The fourth-order valence-corrected chi connectivity index (χ4v) is 4.60. The van der Waals surface area contributed by atoms with Gasteiger partial charge in [0.25, 0.3) is 5.56 Å². The molecule has 2 heterocycles. The smallest absolute Gasteiger partial charge is 0.282 e. The van der Waals surface area contributed by atoms with Gasteiger partial charge in [-0.3, -0.25) is 4.79 Å². The Kier molecular flexibility index (Phi) is 6.75. The number of nitrogens with zero attached hydrogens (tertiary/aromatic N) is 3. The summed E-state index contributed by atoms with van der Waals surface area (Å²) in [6.07, 6.45) is 3.17. The van der Waals surface area contributed by atoms with Crippen LogP contribution in [0.25, 0.3) is 33.5 Å². The summed E-state index contributed by atoms with van der Waals surface area (Å²) in [5.41, 5.74) is 1.49. The Balaban J connectivity index is 1.72. The van der Waals surface area contributed by atoms with Crippen molar-refractivity contribution in [2.75, 3.05) is 13.7 Å².